The first-order valence-electron chi connectivity index (χ1n) is 6.49. The van der Waals surface area contributed by atoms with Gasteiger partial charge >= 0.3 is 0 Å². The second-order valence-corrected chi connectivity index (χ2v) is 5.34. The third-order valence-corrected chi connectivity index (χ3v) is 3.64. The van der Waals surface area contributed by atoms with E-state index in [1.54, 1.807) is 6.20 Å². The summed E-state index contributed by atoms with van der Waals surface area (Å²) >= 11 is 5.83. The van der Waals surface area contributed by atoms with E-state index < -0.39 is 0 Å². The Morgan fingerprint density at radius 2 is 2.20 bits per heavy atom. The lowest BCUT2D eigenvalue weighted by molar-refractivity contribution is 0.427. The number of nitrogens with zero attached hydrogens (tertiary/aromatic N) is 3. The Kier molecular flexibility index (Phi) is 3.63. The number of anilines is 2. The summed E-state index contributed by atoms with van der Waals surface area (Å²) in [6.07, 6.45) is 2.67. The quantitative estimate of drug-likeness (QED) is 0.680. The maximum atomic E-state index is 5.83. The van der Waals surface area contributed by atoms with Crippen LogP contribution in [0.25, 0.3) is 0 Å². The zero-order valence-electron chi connectivity index (χ0n) is 11.2. The fraction of sp³-hybridized carbons (Fsp3) is 0.286. The zero-order valence-corrected chi connectivity index (χ0v) is 12.0. The van der Waals surface area contributed by atoms with Crippen LogP contribution in [-0.4, -0.2) is 29.3 Å². The van der Waals surface area contributed by atoms with Gasteiger partial charge in [0, 0.05) is 24.0 Å². The van der Waals surface area contributed by atoms with Gasteiger partial charge in [-0.25, -0.2) is 9.97 Å². The number of hydrogen-bond donors (Lipinski definition) is 1. The van der Waals surface area contributed by atoms with Crippen LogP contribution in [0, 0.1) is 6.92 Å². The molecule has 0 bridgehead atoms. The molecule has 1 aliphatic heterocycles. The van der Waals surface area contributed by atoms with Crippen LogP contribution in [-0.2, 0) is 13.0 Å². The molecule has 0 atom stereocenters. The lowest BCUT2D eigenvalue weighted by Crippen LogP contribution is -2.27. The number of hydrogen-bond acceptors (Lipinski definition) is 4. The van der Waals surface area contributed by atoms with Crippen molar-refractivity contribution in [2.75, 3.05) is 11.9 Å². The summed E-state index contributed by atoms with van der Waals surface area (Å²) in [4.78, 5) is 10.00. The van der Waals surface area contributed by atoms with Gasteiger partial charge in [-0.1, -0.05) is 6.07 Å². The van der Waals surface area contributed by atoms with E-state index in [-0.39, 0.29) is 5.28 Å². The minimum atomic E-state index is 0.245. The number of fused-ring (bicyclic) bond motifs is 1. The molecular weight excluding hydrogens is 270 g/mol. The molecular formula is C14H14BClN4. The molecule has 6 heteroatoms. The van der Waals surface area contributed by atoms with Crippen LogP contribution in [0.3, 0.4) is 0 Å². The van der Waals surface area contributed by atoms with Crippen molar-refractivity contribution in [3.05, 3.63) is 46.4 Å². The Balaban J connectivity index is 1.86. The van der Waals surface area contributed by atoms with E-state index in [0.717, 1.165) is 36.6 Å². The van der Waals surface area contributed by atoms with Gasteiger partial charge in [-0.3, -0.25) is 0 Å². The molecule has 4 nitrogen and oxygen atoms in total. The summed E-state index contributed by atoms with van der Waals surface area (Å²) in [5.74, 6) is 0.737. The molecule has 20 heavy (non-hydrogen) atoms. The predicted molar refractivity (Wildman–Crippen MR) is 81.4 cm³/mol. The first-order chi connectivity index (χ1) is 9.61. The summed E-state index contributed by atoms with van der Waals surface area (Å²) in [6, 6.07) is 6.29. The number of rotatable bonds is 2. The van der Waals surface area contributed by atoms with Gasteiger partial charge in [-0.2, -0.15) is 0 Å². The standard InChI is InChI=1S/C14H14BClN4/c1-9-7-17-14(16)19-13(9)18-12-3-2-11-8-20(15)5-4-10(11)6-12/h2-3,6-7H,4-5,8H2,1H3,(H,17,18,19). The van der Waals surface area contributed by atoms with Crippen molar-refractivity contribution in [1.29, 1.82) is 0 Å². The molecule has 2 aromatic rings. The van der Waals surface area contributed by atoms with E-state index >= 15 is 0 Å². The van der Waals surface area contributed by atoms with E-state index in [0.29, 0.717) is 0 Å². The molecule has 0 saturated heterocycles. The SMILES string of the molecule is [B]N1CCc2cc(Nc3nc(Cl)ncc3C)ccc2C1. The molecule has 1 aromatic heterocycles. The van der Waals surface area contributed by atoms with Crippen molar-refractivity contribution in [2.24, 2.45) is 0 Å². The first kappa shape index (κ1) is 13.4. The number of benzene rings is 1. The van der Waals surface area contributed by atoms with Crippen LogP contribution >= 0.6 is 11.6 Å². The van der Waals surface area contributed by atoms with Gasteiger partial charge in [-0.15, -0.1) is 0 Å². The Morgan fingerprint density at radius 3 is 3.05 bits per heavy atom. The Bertz CT molecular complexity index is 647. The highest BCUT2D eigenvalue weighted by Gasteiger charge is 2.13. The summed E-state index contributed by atoms with van der Waals surface area (Å²) in [5, 5.41) is 3.54. The van der Waals surface area contributed by atoms with Gasteiger partial charge in [0.05, 0.1) is 0 Å². The van der Waals surface area contributed by atoms with Crippen molar-refractivity contribution in [1.82, 2.24) is 14.8 Å². The highest BCUT2D eigenvalue weighted by Crippen LogP contribution is 2.24. The lowest BCUT2D eigenvalue weighted by atomic mass is 9.97. The van der Waals surface area contributed by atoms with E-state index in [4.69, 9.17) is 19.6 Å². The molecule has 2 radical (unpaired) electrons. The summed E-state index contributed by atoms with van der Waals surface area (Å²) in [7, 11) is 5.83. The van der Waals surface area contributed by atoms with Crippen molar-refractivity contribution in [3.63, 3.8) is 0 Å². The fourth-order valence-electron chi connectivity index (χ4n) is 2.34. The molecule has 0 amide bonds. The highest BCUT2D eigenvalue weighted by molar-refractivity contribution is 6.28. The molecule has 1 aromatic carbocycles. The average Bonchev–Trinajstić information content (AvgIpc) is 2.43. The highest BCUT2D eigenvalue weighted by atomic mass is 35.5. The van der Waals surface area contributed by atoms with E-state index in [2.05, 4.69) is 27.4 Å². The van der Waals surface area contributed by atoms with Gasteiger partial charge in [0.2, 0.25) is 5.28 Å². The first-order valence-corrected chi connectivity index (χ1v) is 6.87. The van der Waals surface area contributed by atoms with Gasteiger partial charge in [0.1, 0.15) is 5.82 Å². The maximum absolute atomic E-state index is 5.83. The summed E-state index contributed by atoms with van der Waals surface area (Å²) in [6.45, 7) is 3.63. The zero-order chi connectivity index (χ0) is 14.1. The largest absolute Gasteiger partial charge is 0.350 e. The van der Waals surface area contributed by atoms with Crippen LogP contribution in [0.1, 0.15) is 16.7 Å². The molecule has 100 valence electrons. The van der Waals surface area contributed by atoms with Gasteiger partial charge < -0.3 is 10.1 Å². The molecule has 0 spiro atoms. The van der Waals surface area contributed by atoms with Crippen molar-refractivity contribution >= 4 is 31.1 Å². The summed E-state index contributed by atoms with van der Waals surface area (Å²) < 4.78 is 0. The molecule has 0 unspecified atom stereocenters. The van der Waals surface area contributed by atoms with E-state index in [1.807, 2.05) is 17.8 Å². The Labute approximate surface area is 124 Å². The van der Waals surface area contributed by atoms with Gasteiger partial charge in [-0.05, 0) is 54.7 Å². The number of halogens is 1. The van der Waals surface area contributed by atoms with Crippen LogP contribution in [0.4, 0.5) is 11.5 Å². The van der Waals surface area contributed by atoms with Crippen LogP contribution in [0.15, 0.2) is 24.4 Å². The molecule has 1 N–H and O–H groups in total. The van der Waals surface area contributed by atoms with Crippen molar-refractivity contribution in [3.8, 4) is 0 Å². The second-order valence-electron chi connectivity index (χ2n) is 5.00. The second kappa shape index (κ2) is 5.42. The average molecular weight is 285 g/mol. The fourth-order valence-corrected chi connectivity index (χ4v) is 2.47. The van der Waals surface area contributed by atoms with Gasteiger partial charge in [0.15, 0.2) is 7.98 Å². The third-order valence-electron chi connectivity index (χ3n) is 3.45. The molecule has 0 fully saturated rings. The molecule has 0 saturated carbocycles. The van der Waals surface area contributed by atoms with E-state index in [9.17, 15) is 0 Å². The Hall–Kier alpha value is -1.59. The minimum Gasteiger partial charge on any atom is -0.350 e. The van der Waals surface area contributed by atoms with E-state index in [1.165, 1.54) is 11.1 Å². The van der Waals surface area contributed by atoms with Crippen LogP contribution in [0.2, 0.25) is 5.28 Å². The van der Waals surface area contributed by atoms with Crippen LogP contribution < -0.4 is 5.32 Å². The number of aryl methyl sites for hydroxylation is 1. The minimum absolute atomic E-state index is 0.245. The third kappa shape index (κ3) is 2.79. The normalized spacial score (nSPS) is 14.9. The topological polar surface area (TPSA) is 41.0 Å². The van der Waals surface area contributed by atoms with Gasteiger partial charge in [0.25, 0.3) is 0 Å². The van der Waals surface area contributed by atoms with Crippen molar-refractivity contribution < 1.29 is 0 Å². The van der Waals surface area contributed by atoms with Crippen LogP contribution in [0.5, 0.6) is 0 Å². The molecule has 3 rings (SSSR count). The van der Waals surface area contributed by atoms with Crippen molar-refractivity contribution in [2.45, 2.75) is 19.9 Å². The predicted octanol–water partition coefficient (Wildman–Crippen LogP) is 2.62. The monoisotopic (exact) mass is 284 g/mol. The number of nitrogens with one attached hydrogen (secondary N) is 1. The molecule has 0 aliphatic carbocycles. The lowest BCUT2D eigenvalue weighted by Gasteiger charge is -2.26. The molecule has 2 heterocycles. The number of aromatic nitrogens is 2. The molecule has 1 aliphatic rings. The smallest absolute Gasteiger partial charge is 0.224 e. The summed E-state index contributed by atoms with van der Waals surface area (Å²) in [5.41, 5.74) is 4.57. The maximum Gasteiger partial charge on any atom is 0.224 e. The Morgan fingerprint density at radius 1 is 1.35 bits per heavy atom.